The van der Waals surface area contributed by atoms with Gasteiger partial charge in [-0.05, 0) is 26.2 Å². The van der Waals surface area contributed by atoms with Crippen LogP contribution in [0.15, 0.2) is 0 Å². The summed E-state index contributed by atoms with van der Waals surface area (Å²) in [6, 6.07) is 0.0899. The van der Waals surface area contributed by atoms with Crippen LogP contribution in [0.4, 0.5) is 11.5 Å². The van der Waals surface area contributed by atoms with E-state index in [1.807, 2.05) is 27.7 Å². The van der Waals surface area contributed by atoms with Crippen LogP contribution in [0.3, 0.4) is 0 Å². The summed E-state index contributed by atoms with van der Waals surface area (Å²) in [5.74, 6) is 0.880. The monoisotopic (exact) mass is 296 g/mol. The zero-order valence-corrected chi connectivity index (χ0v) is 13.2. The first-order valence-electron chi connectivity index (χ1n) is 7.48. The fourth-order valence-corrected chi connectivity index (χ4v) is 1.71. The molecule has 0 bridgehead atoms. The van der Waals surface area contributed by atoms with E-state index >= 15 is 0 Å². The van der Waals surface area contributed by atoms with Crippen LogP contribution in [-0.4, -0.2) is 27.5 Å². The van der Waals surface area contributed by atoms with Gasteiger partial charge >= 0.3 is 5.69 Å². The van der Waals surface area contributed by atoms with Gasteiger partial charge in [-0.3, -0.25) is 10.1 Å². The Morgan fingerprint density at radius 2 is 2.00 bits per heavy atom. The minimum atomic E-state index is -0.481. The van der Waals surface area contributed by atoms with Crippen molar-refractivity contribution >= 4 is 11.5 Å². The third kappa shape index (κ3) is 4.84. The molecule has 1 unspecified atom stereocenters. The summed E-state index contributed by atoms with van der Waals surface area (Å²) in [6.07, 6.45) is 3.14. The Balaban J connectivity index is 3.27. The highest BCUT2D eigenvalue weighted by molar-refractivity contribution is 5.62. The van der Waals surface area contributed by atoms with Crippen LogP contribution in [0, 0.1) is 10.1 Å². The second kappa shape index (κ2) is 8.39. The van der Waals surface area contributed by atoms with E-state index in [2.05, 4.69) is 15.3 Å². The molecule has 0 aliphatic carbocycles. The molecule has 0 saturated carbocycles. The maximum atomic E-state index is 11.4. The number of aromatic nitrogens is 2. The van der Waals surface area contributed by atoms with Crippen LogP contribution < -0.4 is 10.1 Å². The molecule has 0 aliphatic heterocycles. The van der Waals surface area contributed by atoms with Crippen LogP contribution in [-0.2, 0) is 6.42 Å². The van der Waals surface area contributed by atoms with Gasteiger partial charge < -0.3 is 10.1 Å². The van der Waals surface area contributed by atoms with Crippen molar-refractivity contribution in [2.45, 2.75) is 59.4 Å². The standard InChI is InChI=1S/C14H24N4O3/c1-5-8-11-16-13(15-10(4)7-3)12(18(19)20)14(17-11)21-9-6-2/h10H,5-9H2,1-4H3,(H,15,16,17). The summed E-state index contributed by atoms with van der Waals surface area (Å²) in [6.45, 7) is 8.31. The molecule has 0 radical (unpaired) electrons. The van der Waals surface area contributed by atoms with E-state index in [1.54, 1.807) is 0 Å². The van der Waals surface area contributed by atoms with Crippen LogP contribution in [0.2, 0.25) is 0 Å². The maximum Gasteiger partial charge on any atom is 0.372 e. The molecule has 7 heteroatoms. The Labute approximate surface area is 125 Å². The van der Waals surface area contributed by atoms with Gasteiger partial charge in [0, 0.05) is 12.5 Å². The molecule has 1 atom stereocenters. The van der Waals surface area contributed by atoms with E-state index in [0.717, 1.165) is 19.3 Å². The minimum Gasteiger partial charge on any atom is -0.473 e. The highest BCUT2D eigenvalue weighted by atomic mass is 16.6. The quantitative estimate of drug-likeness (QED) is 0.555. The van der Waals surface area contributed by atoms with Crippen molar-refractivity contribution in [3.8, 4) is 5.88 Å². The number of nitrogens with zero attached hydrogens (tertiary/aromatic N) is 3. The normalized spacial score (nSPS) is 12.0. The molecule has 118 valence electrons. The van der Waals surface area contributed by atoms with Gasteiger partial charge in [-0.1, -0.05) is 20.8 Å². The van der Waals surface area contributed by atoms with Gasteiger partial charge in [0.25, 0.3) is 5.88 Å². The molecule has 1 aromatic rings. The molecule has 1 rings (SSSR count). The summed E-state index contributed by atoms with van der Waals surface area (Å²) in [4.78, 5) is 19.4. The van der Waals surface area contributed by atoms with E-state index in [4.69, 9.17) is 4.74 Å². The van der Waals surface area contributed by atoms with Crippen LogP contribution in [0.1, 0.15) is 52.8 Å². The predicted octanol–water partition coefficient (Wildman–Crippen LogP) is 3.34. The lowest BCUT2D eigenvalue weighted by molar-refractivity contribution is -0.385. The first-order chi connectivity index (χ1) is 10.0. The van der Waals surface area contributed by atoms with Crippen molar-refractivity contribution in [2.24, 2.45) is 0 Å². The minimum absolute atomic E-state index is 0.0612. The fourth-order valence-electron chi connectivity index (χ4n) is 1.71. The first-order valence-corrected chi connectivity index (χ1v) is 7.48. The average Bonchev–Trinajstić information content (AvgIpc) is 2.44. The third-order valence-corrected chi connectivity index (χ3v) is 2.99. The molecule has 0 saturated heterocycles. The van der Waals surface area contributed by atoms with Gasteiger partial charge in [0.2, 0.25) is 5.82 Å². The Morgan fingerprint density at radius 1 is 1.29 bits per heavy atom. The lowest BCUT2D eigenvalue weighted by atomic mass is 10.2. The predicted molar refractivity (Wildman–Crippen MR) is 81.8 cm³/mol. The van der Waals surface area contributed by atoms with Gasteiger partial charge in [-0.15, -0.1) is 0 Å². The Bertz CT molecular complexity index is 480. The number of hydrogen-bond donors (Lipinski definition) is 1. The van der Waals surface area contributed by atoms with E-state index in [0.29, 0.717) is 18.9 Å². The van der Waals surface area contributed by atoms with Crippen molar-refractivity contribution in [1.29, 1.82) is 0 Å². The lowest BCUT2D eigenvalue weighted by Crippen LogP contribution is -2.18. The Morgan fingerprint density at radius 3 is 2.52 bits per heavy atom. The van der Waals surface area contributed by atoms with Crippen molar-refractivity contribution < 1.29 is 9.66 Å². The third-order valence-electron chi connectivity index (χ3n) is 2.99. The molecule has 0 amide bonds. The van der Waals surface area contributed by atoms with Crippen LogP contribution in [0.5, 0.6) is 5.88 Å². The number of aryl methyl sites for hydroxylation is 1. The van der Waals surface area contributed by atoms with Crippen LogP contribution in [0.25, 0.3) is 0 Å². The SMILES string of the molecule is CCCOc1nc(CCC)nc(NC(C)CC)c1[N+](=O)[O-]. The first kappa shape index (κ1) is 17.1. The summed E-state index contributed by atoms with van der Waals surface area (Å²) in [7, 11) is 0. The van der Waals surface area contributed by atoms with E-state index in [9.17, 15) is 10.1 Å². The van der Waals surface area contributed by atoms with E-state index < -0.39 is 4.92 Å². The molecule has 0 fully saturated rings. The topological polar surface area (TPSA) is 90.2 Å². The molecule has 1 aromatic heterocycles. The number of nitro groups is 1. The highest BCUT2D eigenvalue weighted by Gasteiger charge is 2.26. The molecule has 0 aromatic carbocycles. The second-order valence-electron chi connectivity index (χ2n) is 4.95. The zero-order valence-electron chi connectivity index (χ0n) is 13.2. The van der Waals surface area contributed by atoms with Crippen molar-refractivity contribution in [1.82, 2.24) is 9.97 Å². The average molecular weight is 296 g/mol. The summed E-state index contributed by atoms with van der Waals surface area (Å²) in [5, 5.41) is 14.4. The van der Waals surface area contributed by atoms with E-state index in [1.165, 1.54) is 0 Å². The Hall–Kier alpha value is -1.92. The van der Waals surface area contributed by atoms with Gasteiger partial charge in [0.05, 0.1) is 11.5 Å². The fraction of sp³-hybridized carbons (Fsp3) is 0.714. The summed E-state index contributed by atoms with van der Waals surface area (Å²) >= 11 is 0. The Kier molecular flexibility index (Phi) is 6.84. The number of nitrogens with one attached hydrogen (secondary N) is 1. The maximum absolute atomic E-state index is 11.4. The van der Waals surface area contributed by atoms with Gasteiger partial charge in [-0.2, -0.15) is 4.98 Å². The molecular formula is C14H24N4O3. The molecule has 0 aliphatic rings. The van der Waals surface area contributed by atoms with Crippen LogP contribution >= 0.6 is 0 Å². The van der Waals surface area contributed by atoms with Crippen molar-refractivity contribution in [3.05, 3.63) is 15.9 Å². The number of rotatable bonds is 9. The second-order valence-corrected chi connectivity index (χ2v) is 4.95. The molecule has 1 N–H and O–H groups in total. The molecule has 21 heavy (non-hydrogen) atoms. The number of hydrogen-bond acceptors (Lipinski definition) is 6. The van der Waals surface area contributed by atoms with Crippen molar-refractivity contribution in [3.63, 3.8) is 0 Å². The lowest BCUT2D eigenvalue weighted by Gasteiger charge is -2.14. The number of anilines is 1. The van der Waals surface area contributed by atoms with E-state index in [-0.39, 0.29) is 23.4 Å². The molecular weight excluding hydrogens is 272 g/mol. The van der Waals surface area contributed by atoms with Crippen molar-refractivity contribution in [2.75, 3.05) is 11.9 Å². The molecule has 0 spiro atoms. The highest BCUT2D eigenvalue weighted by Crippen LogP contribution is 2.32. The zero-order chi connectivity index (χ0) is 15.8. The molecule has 1 heterocycles. The largest absolute Gasteiger partial charge is 0.473 e. The van der Waals surface area contributed by atoms with Gasteiger partial charge in [0.15, 0.2) is 0 Å². The van der Waals surface area contributed by atoms with Gasteiger partial charge in [0.1, 0.15) is 5.82 Å². The summed E-state index contributed by atoms with van der Waals surface area (Å²) < 4.78 is 5.46. The number of ether oxygens (including phenoxy) is 1. The smallest absolute Gasteiger partial charge is 0.372 e. The molecule has 7 nitrogen and oxygen atoms in total. The summed E-state index contributed by atoms with van der Waals surface area (Å²) in [5.41, 5.74) is -0.177. The van der Waals surface area contributed by atoms with Gasteiger partial charge in [-0.25, -0.2) is 4.98 Å².